The average Bonchev–Trinajstić information content (AvgIpc) is 3.36. The number of aromatic nitrogens is 1. The Kier molecular flexibility index (Phi) is 10.9. The van der Waals surface area contributed by atoms with E-state index in [-0.39, 0.29) is 18.4 Å². The summed E-state index contributed by atoms with van der Waals surface area (Å²) < 4.78 is 5.70. The lowest BCUT2D eigenvalue weighted by atomic mass is 10.0. The predicted molar refractivity (Wildman–Crippen MR) is 155 cm³/mol. The van der Waals surface area contributed by atoms with Crippen molar-refractivity contribution in [2.75, 3.05) is 19.8 Å². The van der Waals surface area contributed by atoms with Crippen molar-refractivity contribution in [1.82, 2.24) is 20.7 Å². The second kappa shape index (κ2) is 15.0. The molecule has 0 radical (unpaired) electrons. The van der Waals surface area contributed by atoms with E-state index in [4.69, 9.17) is 9.57 Å². The summed E-state index contributed by atoms with van der Waals surface area (Å²) in [4.78, 5) is 58.7. The highest BCUT2D eigenvalue weighted by Gasteiger charge is 2.25. The van der Waals surface area contributed by atoms with Gasteiger partial charge in [-0.15, -0.1) is 0 Å². The average molecular weight is 579 g/mol. The van der Waals surface area contributed by atoms with Crippen LogP contribution >= 0.6 is 0 Å². The molecular weight excluding hydrogens is 540 g/mol. The van der Waals surface area contributed by atoms with Crippen LogP contribution in [0.4, 0.5) is 0 Å². The number of hydrogen-bond acceptors (Lipinski definition) is 6. The molecule has 0 spiro atoms. The Morgan fingerprint density at radius 2 is 1.76 bits per heavy atom. The van der Waals surface area contributed by atoms with Crippen LogP contribution in [0.3, 0.4) is 0 Å². The SMILES string of the molecule is CCONC(=O)CCCCCCC(=O)N1CCc2c([nH]c3ccc(OCC(=O)N[C@H](C(=O)O)c4ccccc4)cc23)C1. The zero-order chi connectivity index (χ0) is 29.9. The molecule has 4 rings (SSSR count). The van der Waals surface area contributed by atoms with Gasteiger partial charge in [-0.1, -0.05) is 43.2 Å². The first-order valence-corrected chi connectivity index (χ1v) is 14.4. The maximum atomic E-state index is 12.8. The third kappa shape index (κ3) is 8.32. The van der Waals surface area contributed by atoms with Crippen molar-refractivity contribution in [2.24, 2.45) is 0 Å². The Bertz CT molecular complexity index is 1390. The van der Waals surface area contributed by atoms with Gasteiger partial charge in [0.2, 0.25) is 11.8 Å². The van der Waals surface area contributed by atoms with Crippen LogP contribution in [0.5, 0.6) is 5.75 Å². The van der Waals surface area contributed by atoms with Gasteiger partial charge in [-0.25, -0.2) is 10.3 Å². The van der Waals surface area contributed by atoms with Gasteiger partial charge in [0, 0.05) is 36.0 Å². The van der Waals surface area contributed by atoms with Crippen LogP contribution < -0.4 is 15.5 Å². The van der Waals surface area contributed by atoms with Crippen LogP contribution in [-0.4, -0.2) is 58.4 Å². The van der Waals surface area contributed by atoms with E-state index in [1.165, 1.54) is 0 Å². The molecule has 1 aliphatic heterocycles. The number of hydroxylamine groups is 1. The Morgan fingerprint density at radius 1 is 1.00 bits per heavy atom. The minimum atomic E-state index is -1.16. The van der Waals surface area contributed by atoms with Crippen molar-refractivity contribution in [2.45, 2.75) is 64.5 Å². The monoisotopic (exact) mass is 578 g/mol. The molecule has 2 aromatic carbocycles. The third-order valence-electron chi connectivity index (χ3n) is 7.23. The van der Waals surface area contributed by atoms with Gasteiger partial charge in [-0.2, -0.15) is 0 Å². The number of amides is 3. The Morgan fingerprint density at radius 3 is 2.50 bits per heavy atom. The molecule has 0 bridgehead atoms. The van der Waals surface area contributed by atoms with Gasteiger partial charge in [0.25, 0.3) is 5.91 Å². The summed E-state index contributed by atoms with van der Waals surface area (Å²) in [5.41, 5.74) is 5.91. The molecule has 11 heteroatoms. The smallest absolute Gasteiger partial charge is 0.330 e. The predicted octanol–water partition coefficient (Wildman–Crippen LogP) is 3.78. The van der Waals surface area contributed by atoms with Crippen LogP contribution in [0.2, 0.25) is 0 Å². The number of ether oxygens (including phenoxy) is 1. The molecule has 11 nitrogen and oxygen atoms in total. The number of nitrogens with one attached hydrogen (secondary N) is 3. The fourth-order valence-corrected chi connectivity index (χ4v) is 5.08. The number of carboxylic acids is 1. The number of unbranched alkanes of at least 4 members (excludes halogenated alkanes) is 3. The fraction of sp³-hybridized carbons (Fsp3) is 0.419. The number of carboxylic acid groups (broad SMARTS) is 1. The van der Waals surface area contributed by atoms with Crippen LogP contribution in [0.1, 0.15) is 68.3 Å². The van der Waals surface area contributed by atoms with Crippen molar-refractivity contribution < 1.29 is 33.9 Å². The zero-order valence-electron chi connectivity index (χ0n) is 23.8. The summed E-state index contributed by atoms with van der Waals surface area (Å²) in [5.74, 6) is -1.18. The molecule has 42 heavy (non-hydrogen) atoms. The van der Waals surface area contributed by atoms with Gasteiger partial charge < -0.3 is 25.0 Å². The van der Waals surface area contributed by atoms with Crippen molar-refractivity contribution in [3.05, 3.63) is 65.4 Å². The van der Waals surface area contributed by atoms with E-state index >= 15 is 0 Å². The zero-order valence-corrected chi connectivity index (χ0v) is 23.8. The van der Waals surface area contributed by atoms with Crippen molar-refractivity contribution >= 4 is 34.6 Å². The number of nitrogens with zero attached hydrogens (tertiary/aromatic N) is 1. The van der Waals surface area contributed by atoms with Crippen LogP contribution in [0, 0.1) is 0 Å². The highest BCUT2D eigenvalue weighted by Crippen LogP contribution is 2.31. The second-order valence-electron chi connectivity index (χ2n) is 10.3. The summed E-state index contributed by atoms with van der Waals surface area (Å²) in [7, 11) is 0. The third-order valence-corrected chi connectivity index (χ3v) is 7.23. The number of fused-ring (bicyclic) bond motifs is 3. The molecule has 0 saturated carbocycles. The van der Waals surface area contributed by atoms with E-state index in [2.05, 4.69) is 15.8 Å². The molecule has 0 aliphatic carbocycles. The summed E-state index contributed by atoms with van der Waals surface area (Å²) >= 11 is 0. The lowest BCUT2D eigenvalue weighted by Gasteiger charge is -2.27. The molecule has 4 N–H and O–H groups in total. The molecule has 3 amide bonds. The van der Waals surface area contributed by atoms with Gasteiger partial charge in [0.1, 0.15) is 5.75 Å². The number of benzene rings is 2. The van der Waals surface area contributed by atoms with Gasteiger partial charge in [0.05, 0.1) is 13.2 Å². The van der Waals surface area contributed by atoms with Crippen molar-refractivity contribution in [3.63, 3.8) is 0 Å². The summed E-state index contributed by atoms with van der Waals surface area (Å²) in [6.07, 6.45) is 4.94. The van der Waals surface area contributed by atoms with Gasteiger partial charge in [-0.3, -0.25) is 19.2 Å². The maximum absolute atomic E-state index is 12.8. The van der Waals surface area contributed by atoms with E-state index in [9.17, 15) is 24.3 Å². The molecule has 1 atom stereocenters. The normalized spacial score (nSPS) is 13.3. The minimum Gasteiger partial charge on any atom is -0.484 e. The number of carbonyl (C=O) groups excluding carboxylic acids is 3. The first kappa shape index (κ1) is 30.6. The minimum absolute atomic E-state index is 0.118. The number of hydrogen-bond donors (Lipinski definition) is 4. The van der Waals surface area contributed by atoms with Crippen LogP contribution in [0.25, 0.3) is 10.9 Å². The Labute approximate surface area is 244 Å². The standard InChI is InChI=1S/C31H38N4O7/c1-2-42-34-27(36)12-8-3-4-9-13-29(38)35-17-16-23-24-18-22(14-15-25(24)32-26(23)19-35)41-20-28(37)33-30(31(39)40)21-10-6-5-7-11-21/h5-7,10-11,14-15,18,30,32H,2-4,8-9,12-13,16-17,19-20H2,1H3,(H,33,37)(H,34,36)(H,39,40)/t30-/m0/s1. The number of carbonyl (C=O) groups is 4. The summed E-state index contributed by atoms with van der Waals surface area (Å²) in [5, 5.41) is 13.0. The fourth-order valence-electron chi connectivity index (χ4n) is 5.08. The van der Waals surface area contributed by atoms with E-state index in [1.54, 1.807) is 36.4 Å². The second-order valence-corrected chi connectivity index (χ2v) is 10.3. The first-order chi connectivity index (χ1) is 20.4. The highest BCUT2D eigenvalue weighted by molar-refractivity contribution is 5.88. The number of aromatic amines is 1. The van der Waals surface area contributed by atoms with E-state index in [0.29, 0.717) is 50.3 Å². The Balaban J connectivity index is 1.25. The maximum Gasteiger partial charge on any atom is 0.330 e. The molecule has 0 unspecified atom stereocenters. The Hall–Kier alpha value is -4.38. The molecule has 3 aromatic rings. The summed E-state index contributed by atoms with van der Waals surface area (Å²) in [6.45, 7) is 3.06. The molecule has 0 fully saturated rings. The quantitative estimate of drug-likeness (QED) is 0.158. The topological polar surface area (TPSA) is 150 Å². The molecule has 1 aliphatic rings. The lowest BCUT2D eigenvalue weighted by Crippen LogP contribution is -2.36. The highest BCUT2D eigenvalue weighted by atomic mass is 16.6. The first-order valence-electron chi connectivity index (χ1n) is 14.4. The molecule has 2 heterocycles. The van der Waals surface area contributed by atoms with Gasteiger partial charge >= 0.3 is 5.97 Å². The van der Waals surface area contributed by atoms with Crippen LogP contribution in [0.15, 0.2) is 48.5 Å². The van der Waals surface area contributed by atoms with E-state index in [0.717, 1.165) is 47.8 Å². The van der Waals surface area contributed by atoms with Gasteiger partial charge in [0.15, 0.2) is 12.6 Å². The number of rotatable bonds is 15. The van der Waals surface area contributed by atoms with Gasteiger partial charge in [-0.05, 0) is 55.5 Å². The summed E-state index contributed by atoms with van der Waals surface area (Å²) in [6, 6.07) is 12.8. The largest absolute Gasteiger partial charge is 0.484 e. The van der Waals surface area contributed by atoms with E-state index in [1.807, 2.05) is 24.0 Å². The van der Waals surface area contributed by atoms with Crippen LogP contribution in [-0.2, 0) is 37.0 Å². The molecule has 1 aromatic heterocycles. The molecular formula is C31H38N4O7. The lowest BCUT2D eigenvalue weighted by molar-refractivity contribution is -0.142. The number of aliphatic carboxylic acids is 1. The molecule has 224 valence electrons. The van der Waals surface area contributed by atoms with Crippen molar-refractivity contribution in [3.8, 4) is 5.75 Å². The van der Waals surface area contributed by atoms with Crippen molar-refractivity contribution in [1.29, 1.82) is 0 Å². The molecule has 0 saturated heterocycles. The van der Waals surface area contributed by atoms with E-state index < -0.39 is 17.9 Å². The number of H-pyrrole nitrogens is 1.